The first kappa shape index (κ1) is 17.5. The van der Waals surface area contributed by atoms with Crippen LogP contribution in [0.3, 0.4) is 0 Å². The SMILES string of the molecule is COc1ccc(OCCCC(=O)ON2C(=O)c3ccccc3C2=O)cc1. The van der Waals surface area contributed by atoms with Gasteiger partial charge >= 0.3 is 5.97 Å². The Morgan fingerprint density at radius 3 is 2.08 bits per heavy atom. The molecule has 0 saturated heterocycles. The molecular weight excluding hydrogens is 338 g/mol. The molecule has 7 nitrogen and oxygen atoms in total. The van der Waals surface area contributed by atoms with Crippen molar-refractivity contribution in [3.63, 3.8) is 0 Å². The second-order valence-corrected chi connectivity index (χ2v) is 5.54. The third kappa shape index (κ3) is 3.66. The van der Waals surface area contributed by atoms with Crippen LogP contribution in [-0.4, -0.2) is 36.6 Å². The Bertz CT molecular complexity index is 795. The summed E-state index contributed by atoms with van der Waals surface area (Å²) in [5.74, 6) is -0.555. The van der Waals surface area contributed by atoms with Gasteiger partial charge < -0.3 is 14.3 Å². The number of carbonyl (C=O) groups excluding carboxylic acids is 3. The van der Waals surface area contributed by atoms with Gasteiger partial charge in [0.2, 0.25) is 0 Å². The van der Waals surface area contributed by atoms with Gasteiger partial charge in [0.1, 0.15) is 11.5 Å². The van der Waals surface area contributed by atoms with Crippen LogP contribution >= 0.6 is 0 Å². The van der Waals surface area contributed by atoms with E-state index < -0.39 is 17.8 Å². The van der Waals surface area contributed by atoms with Crippen molar-refractivity contribution in [2.45, 2.75) is 12.8 Å². The molecule has 0 aliphatic carbocycles. The first-order chi connectivity index (χ1) is 12.6. The van der Waals surface area contributed by atoms with Gasteiger partial charge in [-0.3, -0.25) is 9.59 Å². The first-order valence-corrected chi connectivity index (χ1v) is 8.05. The Morgan fingerprint density at radius 1 is 0.923 bits per heavy atom. The molecule has 7 heteroatoms. The molecule has 1 heterocycles. The number of ether oxygens (including phenoxy) is 2. The van der Waals surface area contributed by atoms with Gasteiger partial charge in [0.05, 0.1) is 31.3 Å². The smallest absolute Gasteiger partial charge is 0.333 e. The van der Waals surface area contributed by atoms with Gasteiger partial charge in [-0.25, -0.2) is 4.79 Å². The zero-order chi connectivity index (χ0) is 18.5. The van der Waals surface area contributed by atoms with Gasteiger partial charge in [-0.1, -0.05) is 17.2 Å². The maximum absolute atomic E-state index is 12.1. The molecule has 0 atom stereocenters. The van der Waals surface area contributed by atoms with Crippen molar-refractivity contribution in [2.24, 2.45) is 0 Å². The summed E-state index contributed by atoms with van der Waals surface area (Å²) in [7, 11) is 1.58. The molecule has 0 bridgehead atoms. The van der Waals surface area contributed by atoms with E-state index in [2.05, 4.69) is 0 Å². The van der Waals surface area contributed by atoms with Crippen molar-refractivity contribution in [2.75, 3.05) is 13.7 Å². The van der Waals surface area contributed by atoms with Crippen LogP contribution in [0.2, 0.25) is 0 Å². The van der Waals surface area contributed by atoms with Gasteiger partial charge in [-0.2, -0.15) is 0 Å². The van der Waals surface area contributed by atoms with Gasteiger partial charge in [-0.05, 0) is 42.8 Å². The number of hydrogen-bond donors (Lipinski definition) is 0. The van der Waals surface area contributed by atoms with Crippen molar-refractivity contribution in [1.29, 1.82) is 0 Å². The van der Waals surface area contributed by atoms with E-state index in [9.17, 15) is 14.4 Å². The molecule has 1 aliphatic heterocycles. The minimum Gasteiger partial charge on any atom is -0.497 e. The zero-order valence-corrected chi connectivity index (χ0v) is 14.1. The molecule has 2 aromatic carbocycles. The van der Waals surface area contributed by atoms with Crippen molar-refractivity contribution in [1.82, 2.24) is 5.06 Å². The van der Waals surface area contributed by atoms with Crippen LogP contribution in [0, 0.1) is 0 Å². The summed E-state index contributed by atoms with van der Waals surface area (Å²) >= 11 is 0. The number of benzene rings is 2. The van der Waals surface area contributed by atoms with Crippen LogP contribution in [0.4, 0.5) is 0 Å². The number of nitrogens with zero attached hydrogens (tertiary/aromatic N) is 1. The van der Waals surface area contributed by atoms with Crippen LogP contribution in [0.15, 0.2) is 48.5 Å². The molecule has 0 aromatic heterocycles. The van der Waals surface area contributed by atoms with E-state index in [0.29, 0.717) is 23.8 Å². The highest BCUT2D eigenvalue weighted by Crippen LogP contribution is 2.23. The minimum absolute atomic E-state index is 0.0174. The third-order valence-electron chi connectivity index (χ3n) is 3.80. The molecule has 0 unspecified atom stereocenters. The first-order valence-electron chi connectivity index (χ1n) is 8.05. The molecule has 0 N–H and O–H groups in total. The van der Waals surface area contributed by atoms with Gasteiger partial charge in [0.15, 0.2) is 0 Å². The highest BCUT2D eigenvalue weighted by Gasteiger charge is 2.38. The maximum atomic E-state index is 12.1. The second kappa shape index (κ2) is 7.69. The molecule has 134 valence electrons. The summed E-state index contributed by atoms with van der Waals surface area (Å²) in [6.07, 6.45) is 0.400. The number of fused-ring (bicyclic) bond motifs is 1. The molecule has 3 rings (SSSR count). The lowest BCUT2D eigenvalue weighted by atomic mass is 10.1. The predicted octanol–water partition coefficient (Wildman–Crippen LogP) is 2.61. The Kier molecular flexibility index (Phi) is 5.17. The maximum Gasteiger partial charge on any atom is 0.333 e. The van der Waals surface area contributed by atoms with Crippen LogP contribution in [0.5, 0.6) is 11.5 Å². The number of imide groups is 1. The second-order valence-electron chi connectivity index (χ2n) is 5.54. The fourth-order valence-corrected chi connectivity index (χ4v) is 2.48. The fraction of sp³-hybridized carbons (Fsp3) is 0.211. The average Bonchev–Trinajstić information content (AvgIpc) is 2.91. The summed E-state index contributed by atoms with van der Waals surface area (Å²) in [6.45, 7) is 0.295. The fourth-order valence-electron chi connectivity index (χ4n) is 2.48. The number of carbonyl (C=O) groups is 3. The van der Waals surface area contributed by atoms with Crippen molar-refractivity contribution in [3.05, 3.63) is 59.7 Å². The Labute approximate surface area is 150 Å². The van der Waals surface area contributed by atoms with E-state index in [1.807, 2.05) is 0 Å². The average molecular weight is 355 g/mol. The summed E-state index contributed by atoms with van der Waals surface area (Å²) in [6, 6.07) is 13.4. The molecule has 0 spiro atoms. The molecule has 26 heavy (non-hydrogen) atoms. The highest BCUT2D eigenvalue weighted by molar-refractivity contribution is 6.20. The standard InChI is InChI=1S/C19H17NO6/c1-24-13-8-10-14(11-9-13)25-12-4-7-17(21)26-20-18(22)15-5-2-3-6-16(15)19(20)23/h2-3,5-6,8-11H,4,7,12H2,1H3. The van der Waals surface area contributed by atoms with Crippen molar-refractivity contribution < 1.29 is 28.7 Å². The lowest BCUT2D eigenvalue weighted by Crippen LogP contribution is -2.32. The number of rotatable bonds is 7. The summed E-state index contributed by atoms with van der Waals surface area (Å²) in [4.78, 5) is 41.0. The summed E-state index contributed by atoms with van der Waals surface area (Å²) in [5, 5.41) is 0.511. The molecule has 2 amide bonds. The van der Waals surface area contributed by atoms with Crippen LogP contribution < -0.4 is 9.47 Å². The largest absolute Gasteiger partial charge is 0.497 e. The van der Waals surface area contributed by atoms with E-state index in [0.717, 1.165) is 5.75 Å². The third-order valence-corrected chi connectivity index (χ3v) is 3.80. The molecule has 0 saturated carbocycles. The van der Waals surface area contributed by atoms with E-state index >= 15 is 0 Å². The molecule has 2 aromatic rings. The highest BCUT2D eigenvalue weighted by atomic mass is 16.7. The van der Waals surface area contributed by atoms with E-state index in [1.165, 1.54) is 12.1 Å². The van der Waals surface area contributed by atoms with Crippen LogP contribution in [0.1, 0.15) is 33.6 Å². The topological polar surface area (TPSA) is 82.1 Å². The summed E-state index contributed by atoms with van der Waals surface area (Å²) < 4.78 is 10.6. The normalized spacial score (nSPS) is 12.7. The lowest BCUT2D eigenvalue weighted by molar-refractivity contribution is -0.168. The number of hydrogen-bond acceptors (Lipinski definition) is 6. The minimum atomic E-state index is -0.669. The number of amides is 2. The van der Waals surface area contributed by atoms with Gasteiger partial charge in [0, 0.05) is 0 Å². The molecule has 1 aliphatic rings. The predicted molar refractivity (Wildman–Crippen MR) is 90.8 cm³/mol. The number of methoxy groups -OCH3 is 1. The van der Waals surface area contributed by atoms with E-state index in [4.69, 9.17) is 14.3 Å². The Balaban J connectivity index is 1.45. The monoisotopic (exact) mass is 355 g/mol. The quantitative estimate of drug-likeness (QED) is 0.561. The molecule has 0 radical (unpaired) electrons. The van der Waals surface area contributed by atoms with Crippen molar-refractivity contribution >= 4 is 17.8 Å². The Hall–Kier alpha value is -3.35. The lowest BCUT2D eigenvalue weighted by Gasteiger charge is -2.12. The molecular formula is C19H17NO6. The molecule has 0 fully saturated rings. The van der Waals surface area contributed by atoms with Crippen molar-refractivity contribution in [3.8, 4) is 11.5 Å². The van der Waals surface area contributed by atoms with Gasteiger partial charge in [-0.15, -0.1) is 0 Å². The van der Waals surface area contributed by atoms with Crippen LogP contribution in [0.25, 0.3) is 0 Å². The van der Waals surface area contributed by atoms with Crippen LogP contribution in [-0.2, 0) is 9.63 Å². The van der Waals surface area contributed by atoms with Gasteiger partial charge in [0.25, 0.3) is 11.8 Å². The van der Waals surface area contributed by atoms with E-state index in [-0.39, 0.29) is 17.5 Å². The summed E-state index contributed by atoms with van der Waals surface area (Å²) in [5.41, 5.74) is 0.460. The van der Waals surface area contributed by atoms with E-state index in [1.54, 1.807) is 43.5 Å². The zero-order valence-electron chi connectivity index (χ0n) is 14.1. The number of hydroxylamine groups is 2. The Morgan fingerprint density at radius 2 is 1.50 bits per heavy atom.